The first-order chi connectivity index (χ1) is 14.5. The van der Waals surface area contributed by atoms with Crippen LogP contribution in [0.3, 0.4) is 0 Å². The molecule has 0 fully saturated rings. The van der Waals surface area contributed by atoms with Gasteiger partial charge >= 0.3 is 5.97 Å². The highest BCUT2D eigenvalue weighted by Crippen LogP contribution is 2.29. The van der Waals surface area contributed by atoms with Crippen molar-refractivity contribution in [3.8, 4) is 5.75 Å². The number of esters is 1. The maximum Gasteiger partial charge on any atom is 0.326 e. The van der Waals surface area contributed by atoms with E-state index in [0.29, 0.717) is 16.7 Å². The van der Waals surface area contributed by atoms with Gasteiger partial charge in [-0.05, 0) is 56.7 Å². The summed E-state index contributed by atoms with van der Waals surface area (Å²) in [6.07, 6.45) is 1.47. The summed E-state index contributed by atoms with van der Waals surface area (Å²) in [5.74, 6) is 0.254. The number of carbonyl (C=O) groups is 1. The molecule has 31 heavy (non-hydrogen) atoms. The Labute approximate surface area is 190 Å². The first-order valence-corrected chi connectivity index (χ1v) is 11.9. The molecule has 1 N–H and O–H groups in total. The third-order valence-electron chi connectivity index (χ3n) is 4.44. The molecule has 0 radical (unpaired) electrons. The standard InChI is InChI=1S/C22H25BrN2O5S/c1-22(2,3)30-21(26)14-25-13-20(18-11-16(23)7-10-19(18)25)31(27,28)24-12-15-5-8-17(29-4)9-6-15/h5-11,13,24H,12,14H2,1-4H3. The van der Waals surface area contributed by atoms with Gasteiger partial charge in [0.25, 0.3) is 0 Å². The molecule has 0 aliphatic rings. The summed E-state index contributed by atoms with van der Waals surface area (Å²) in [4.78, 5) is 12.4. The van der Waals surface area contributed by atoms with Crippen molar-refractivity contribution in [2.75, 3.05) is 7.11 Å². The highest BCUT2D eigenvalue weighted by Gasteiger charge is 2.23. The van der Waals surface area contributed by atoms with E-state index in [4.69, 9.17) is 9.47 Å². The van der Waals surface area contributed by atoms with Crippen LogP contribution in [0, 0.1) is 0 Å². The lowest BCUT2D eigenvalue weighted by molar-refractivity contribution is -0.155. The third kappa shape index (κ3) is 5.87. The van der Waals surface area contributed by atoms with Gasteiger partial charge < -0.3 is 14.0 Å². The Hall–Kier alpha value is -2.36. The number of ether oxygens (including phenoxy) is 2. The quantitative estimate of drug-likeness (QED) is 0.482. The molecule has 0 aliphatic carbocycles. The lowest BCUT2D eigenvalue weighted by Gasteiger charge is -2.19. The van der Waals surface area contributed by atoms with E-state index >= 15 is 0 Å². The van der Waals surface area contributed by atoms with Gasteiger partial charge in [0.1, 0.15) is 22.8 Å². The molecule has 3 rings (SSSR count). The molecule has 9 heteroatoms. The van der Waals surface area contributed by atoms with Gasteiger partial charge in [0.2, 0.25) is 10.0 Å². The Morgan fingerprint density at radius 1 is 1.13 bits per heavy atom. The smallest absolute Gasteiger partial charge is 0.326 e. The van der Waals surface area contributed by atoms with E-state index in [0.717, 1.165) is 10.0 Å². The highest BCUT2D eigenvalue weighted by molar-refractivity contribution is 9.10. The van der Waals surface area contributed by atoms with Gasteiger partial charge in [-0.3, -0.25) is 4.79 Å². The minimum Gasteiger partial charge on any atom is -0.497 e. The molecule has 0 amide bonds. The average Bonchev–Trinajstić information content (AvgIpc) is 3.03. The van der Waals surface area contributed by atoms with Crippen molar-refractivity contribution in [1.82, 2.24) is 9.29 Å². The molecule has 2 aromatic carbocycles. The van der Waals surface area contributed by atoms with Gasteiger partial charge in [0, 0.05) is 22.6 Å². The number of aromatic nitrogens is 1. The number of sulfonamides is 1. The summed E-state index contributed by atoms with van der Waals surface area (Å²) in [6.45, 7) is 5.39. The summed E-state index contributed by atoms with van der Waals surface area (Å²) < 4.78 is 41.7. The Morgan fingerprint density at radius 2 is 1.81 bits per heavy atom. The molecular weight excluding hydrogens is 484 g/mol. The fourth-order valence-electron chi connectivity index (χ4n) is 3.09. The first kappa shape index (κ1) is 23.3. The Balaban J connectivity index is 1.90. The Kier molecular flexibility index (Phi) is 6.78. The van der Waals surface area contributed by atoms with Crippen molar-refractivity contribution < 1.29 is 22.7 Å². The van der Waals surface area contributed by atoms with Crippen molar-refractivity contribution in [1.29, 1.82) is 0 Å². The van der Waals surface area contributed by atoms with Crippen LogP contribution in [0.15, 0.2) is 58.0 Å². The van der Waals surface area contributed by atoms with Crippen LogP contribution in [0.1, 0.15) is 26.3 Å². The van der Waals surface area contributed by atoms with Crippen molar-refractivity contribution >= 4 is 42.8 Å². The number of nitrogens with zero attached hydrogens (tertiary/aromatic N) is 1. The van der Waals surface area contributed by atoms with Crippen LogP contribution in [-0.2, 0) is 32.6 Å². The number of fused-ring (bicyclic) bond motifs is 1. The van der Waals surface area contributed by atoms with E-state index < -0.39 is 21.6 Å². The molecule has 0 saturated carbocycles. The Bertz CT molecular complexity index is 1200. The number of hydrogen-bond donors (Lipinski definition) is 1. The number of benzene rings is 2. The van der Waals surface area contributed by atoms with Crippen molar-refractivity contribution in [3.05, 3.63) is 58.7 Å². The molecule has 0 atom stereocenters. The molecule has 1 heterocycles. The molecule has 0 spiro atoms. The van der Waals surface area contributed by atoms with Crippen LogP contribution in [0.25, 0.3) is 10.9 Å². The fraction of sp³-hybridized carbons (Fsp3) is 0.318. The summed E-state index contributed by atoms with van der Waals surface area (Å²) in [7, 11) is -2.27. The number of rotatable bonds is 7. The summed E-state index contributed by atoms with van der Waals surface area (Å²) in [5.41, 5.74) is 0.791. The molecule has 0 unspecified atom stereocenters. The van der Waals surface area contributed by atoms with Crippen LogP contribution in [0.2, 0.25) is 0 Å². The van der Waals surface area contributed by atoms with E-state index in [1.807, 2.05) is 0 Å². The number of carbonyl (C=O) groups excluding carboxylic acids is 1. The van der Waals surface area contributed by atoms with Gasteiger partial charge in [-0.25, -0.2) is 13.1 Å². The second-order valence-electron chi connectivity index (χ2n) is 8.04. The zero-order valence-electron chi connectivity index (χ0n) is 17.8. The number of methoxy groups -OCH3 is 1. The van der Waals surface area contributed by atoms with Crippen molar-refractivity contribution in [3.63, 3.8) is 0 Å². The van der Waals surface area contributed by atoms with Gasteiger partial charge in [-0.2, -0.15) is 0 Å². The van der Waals surface area contributed by atoms with E-state index in [1.54, 1.807) is 74.9 Å². The van der Waals surface area contributed by atoms with E-state index in [2.05, 4.69) is 20.7 Å². The second kappa shape index (κ2) is 9.02. The summed E-state index contributed by atoms with van der Waals surface area (Å²) >= 11 is 3.39. The minimum absolute atomic E-state index is 0.0938. The normalized spacial score (nSPS) is 12.2. The van der Waals surface area contributed by atoms with Gasteiger partial charge in [-0.1, -0.05) is 28.1 Å². The van der Waals surface area contributed by atoms with Gasteiger partial charge in [0.15, 0.2) is 0 Å². The van der Waals surface area contributed by atoms with Gasteiger partial charge in [-0.15, -0.1) is 0 Å². The lowest BCUT2D eigenvalue weighted by atomic mass is 10.2. The highest BCUT2D eigenvalue weighted by atomic mass is 79.9. The van der Waals surface area contributed by atoms with Crippen LogP contribution < -0.4 is 9.46 Å². The molecule has 166 valence electrons. The predicted molar refractivity (Wildman–Crippen MR) is 123 cm³/mol. The molecule has 1 aromatic heterocycles. The van der Waals surface area contributed by atoms with E-state index in [9.17, 15) is 13.2 Å². The predicted octanol–water partition coefficient (Wildman–Crippen LogP) is 4.23. The average molecular weight is 509 g/mol. The number of nitrogens with one attached hydrogen (secondary N) is 1. The van der Waals surface area contributed by atoms with Crippen molar-refractivity contribution in [2.24, 2.45) is 0 Å². The lowest BCUT2D eigenvalue weighted by Crippen LogP contribution is -2.26. The van der Waals surface area contributed by atoms with Crippen LogP contribution in [0.5, 0.6) is 5.75 Å². The summed E-state index contributed by atoms with van der Waals surface area (Å²) in [6, 6.07) is 12.4. The molecule has 7 nitrogen and oxygen atoms in total. The van der Waals surface area contributed by atoms with E-state index in [1.165, 1.54) is 6.20 Å². The maximum atomic E-state index is 13.1. The summed E-state index contributed by atoms with van der Waals surface area (Å²) in [5, 5.41) is 0.514. The third-order valence-corrected chi connectivity index (χ3v) is 6.36. The SMILES string of the molecule is COc1ccc(CNS(=O)(=O)c2cn(CC(=O)OC(C)(C)C)c3ccc(Br)cc23)cc1. The fourth-order valence-corrected chi connectivity index (χ4v) is 4.69. The zero-order valence-corrected chi connectivity index (χ0v) is 20.2. The zero-order chi connectivity index (χ0) is 22.8. The monoisotopic (exact) mass is 508 g/mol. The van der Waals surface area contributed by atoms with Crippen LogP contribution >= 0.6 is 15.9 Å². The largest absolute Gasteiger partial charge is 0.497 e. The minimum atomic E-state index is -3.84. The van der Waals surface area contributed by atoms with Crippen LogP contribution in [-0.4, -0.2) is 31.7 Å². The van der Waals surface area contributed by atoms with Crippen LogP contribution in [0.4, 0.5) is 0 Å². The number of halogens is 1. The maximum absolute atomic E-state index is 13.1. The van der Waals surface area contributed by atoms with Gasteiger partial charge in [0.05, 0.1) is 12.6 Å². The van der Waals surface area contributed by atoms with E-state index in [-0.39, 0.29) is 18.0 Å². The molecule has 3 aromatic rings. The molecule has 0 aliphatic heterocycles. The molecule has 0 saturated heterocycles. The Morgan fingerprint density at radius 3 is 2.42 bits per heavy atom. The topological polar surface area (TPSA) is 86.6 Å². The second-order valence-corrected chi connectivity index (χ2v) is 10.7. The molecule has 0 bridgehead atoms. The van der Waals surface area contributed by atoms with Crippen molar-refractivity contribution in [2.45, 2.75) is 44.4 Å². The molecular formula is C22H25BrN2O5S. The number of hydrogen-bond acceptors (Lipinski definition) is 5. The first-order valence-electron chi connectivity index (χ1n) is 9.61.